The van der Waals surface area contributed by atoms with Gasteiger partial charge in [-0.2, -0.15) is 0 Å². The van der Waals surface area contributed by atoms with E-state index in [-0.39, 0.29) is 0 Å². The fourth-order valence-corrected chi connectivity index (χ4v) is 2.87. The van der Waals surface area contributed by atoms with E-state index in [1.165, 1.54) is 32.4 Å². The molecule has 1 N–H and O–H groups in total. The van der Waals surface area contributed by atoms with Gasteiger partial charge in [-0.25, -0.2) is 0 Å². The zero-order chi connectivity index (χ0) is 12.3. The highest BCUT2D eigenvalue weighted by molar-refractivity contribution is 4.90. The van der Waals surface area contributed by atoms with Gasteiger partial charge in [0.05, 0.1) is 6.61 Å². The second-order valence-electron chi connectivity index (χ2n) is 6.30. The smallest absolute Gasteiger partial charge is 0.0547 e. The Balaban J connectivity index is 1.92. The number of hydrogen-bond acceptors (Lipinski definition) is 3. The van der Waals surface area contributed by atoms with E-state index < -0.39 is 0 Å². The Morgan fingerprint density at radius 2 is 2.18 bits per heavy atom. The summed E-state index contributed by atoms with van der Waals surface area (Å²) in [4.78, 5) is 2.67. The first-order valence-corrected chi connectivity index (χ1v) is 7.12. The molecule has 1 unspecified atom stereocenters. The van der Waals surface area contributed by atoms with Crippen LogP contribution in [0.5, 0.6) is 0 Å². The fraction of sp³-hybridized carbons (Fsp3) is 1.00. The minimum absolute atomic E-state index is 0.355. The van der Waals surface area contributed by atoms with Crippen LogP contribution in [0.25, 0.3) is 0 Å². The van der Waals surface area contributed by atoms with Gasteiger partial charge in [0.2, 0.25) is 0 Å². The average Bonchev–Trinajstić information content (AvgIpc) is 2.98. The Hall–Kier alpha value is -0.120. The molecule has 2 fully saturated rings. The molecule has 1 aliphatic carbocycles. The van der Waals surface area contributed by atoms with Gasteiger partial charge in [-0.05, 0) is 46.1 Å². The molecule has 2 rings (SSSR count). The Kier molecular flexibility index (Phi) is 4.45. The minimum atomic E-state index is 0.355. The Morgan fingerprint density at radius 3 is 2.65 bits per heavy atom. The molecule has 0 aromatic carbocycles. The van der Waals surface area contributed by atoms with Crippen molar-refractivity contribution in [2.45, 2.75) is 39.2 Å². The largest absolute Gasteiger partial charge is 0.381 e. The van der Waals surface area contributed by atoms with E-state index >= 15 is 0 Å². The van der Waals surface area contributed by atoms with Crippen LogP contribution in [0.1, 0.15) is 33.1 Å². The molecule has 100 valence electrons. The zero-order valence-corrected chi connectivity index (χ0v) is 11.7. The average molecular weight is 240 g/mol. The molecule has 1 saturated heterocycles. The van der Waals surface area contributed by atoms with Crippen LogP contribution >= 0.6 is 0 Å². The first-order valence-electron chi connectivity index (χ1n) is 7.12. The van der Waals surface area contributed by atoms with Crippen LogP contribution in [0, 0.1) is 11.3 Å². The fourth-order valence-electron chi connectivity index (χ4n) is 2.87. The van der Waals surface area contributed by atoms with Crippen LogP contribution in [-0.2, 0) is 4.74 Å². The molecule has 0 spiro atoms. The first kappa shape index (κ1) is 13.3. The van der Waals surface area contributed by atoms with Gasteiger partial charge in [-0.1, -0.05) is 0 Å². The Morgan fingerprint density at radius 1 is 1.41 bits per heavy atom. The highest BCUT2D eigenvalue weighted by Gasteiger charge is 2.37. The molecule has 1 heterocycles. The maximum absolute atomic E-state index is 5.65. The second-order valence-corrected chi connectivity index (χ2v) is 6.30. The summed E-state index contributed by atoms with van der Waals surface area (Å²) in [5.74, 6) is 0.978. The van der Waals surface area contributed by atoms with Crippen molar-refractivity contribution in [3.05, 3.63) is 0 Å². The number of nitrogens with one attached hydrogen (secondary N) is 1. The van der Waals surface area contributed by atoms with Gasteiger partial charge in [0.25, 0.3) is 0 Å². The predicted octanol–water partition coefficient (Wildman–Crippen LogP) is 1.73. The molecule has 0 radical (unpaired) electrons. The van der Waals surface area contributed by atoms with Crippen molar-refractivity contribution in [3.8, 4) is 0 Å². The lowest BCUT2D eigenvalue weighted by atomic mass is 9.86. The van der Waals surface area contributed by atoms with Crippen LogP contribution in [0.15, 0.2) is 0 Å². The number of nitrogens with zero attached hydrogens (tertiary/aromatic N) is 1. The number of rotatable bonds is 7. The van der Waals surface area contributed by atoms with E-state index in [0.717, 1.165) is 25.7 Å². The SMILES string of the molecule is CNCC1(CN(CC2CC2)C(C)C)CCOC1. The first-order chi connectivity index (χ1) is 8.15. The standard InChI is InChI=1S/C14H28N2O/c1-12(2)16(8-13-4-5-13)10-14(9-15-3)6-7-17-11-14/h12-13,15H,4-11H2,1-3H3. The van der Waals surface area contributed by atoms with Gasteiger partial charge in [0, 0.05) is 37.7 Å². The van der Waals surface area contributed by atoms with Crippen LogP contribution < -0.4 is 5.32 Å². The van der Waals surface area contributed by atoms with Crippen molar-refractivity contribution >= 4 is 0 Å². The normalized spacial score (nSPS) is 29.5. The van der Waals surface area contributed by atoms with Gasteiger partial charge in [-0.15, -0.1) is 0 Å². The molecular formula is C14H28N2O. The van der Waals surface area contributed by atoms with E-state index in [0.29, 0.717) is 11.5 Å². The molecule has 1 atom stereocenters. The van der Waals surface area contributed by atoms with Crippen molar-refractivity contribution < 1.29 is 4.74 Å². The molecule has 2 aliphatic rings. The monoisotopic (exact) mass is 240 g/mol. The second kappa shape index (κ2) is 5.68. The van der Waals surface area contributed by atoms with Gasteiger partial charge in [0.15, 0.2) is 0 Å². The van der Waals surface area contributed by atoms with Crippen molar-refractivity contribution in [2.24, 2.45) is 11.3 Å². The molecular weight excluding hydrogens is 212 g/mol. The third-order valence-corrected chi connectivity index (χ3v) is 4.20. The van der Waals surface area contributed by atoms with E-state index in [1.54, 1.807) is 0 Å². The predicted molar refractivity (Wildman–Crippen MR) is 71.2 cm³/mol. The zero-order valence-electron chi connectivity index (χ0n) is 11.7. The molecule has 3 heteroatoms. The minimum Gasteiger partial charge on any atom is -0.381 e. The third-order valence-electron chi connectivity index (χ3n) is 4.20. The van der Waals surface area contributed by atoms with Gasteiger partial charge >= 0.3 is 0 Å². The summed E-state index contributed by atoms with van der Waals surface area (Å²) in [5, 5.41) is 3.36. The molecule has 0 aromatic rings. The molecule has 17 heavy (non-hydrogen) atoms. The summed E-state index contributed by atoms with van der Waals surface area (Å²) in [6, 6.07) is 0.657. The van der Waals surface area contributed by atoms with E-state index in [2.05, 4.69) is 31.1 Å². The molecule has 0 bridgehead atoms. The lowest BCUT2D eigenvalue weighted by Crippen LogP contribution is -2.47. The van der Waals surface area contributed by atoms with Crippen LogP contribution in [0.2, 0.25) is 0 Å². The summed E-state index contributed by atoms with van der Waals surface area (Å²) in [6.45, 7) is 10.1. The van der Waals surface area contributed by atoms with Gasteiger partial charge < -0.3 is 10.1 Å². The maximum atomic E-state index is 5.65. The van der Waals surface area contributed by atoms with E-state index in [4.69, 9.17) is 4.74 Å². The summed E-state index contributed by atoms with van der Waals surface area (Å²) in [7, 11) is 2.06. The topological polar surface area (TPSA) is 24.5 Å². The van der Waals surface area contributed by atoms with E-state index in [9.17, 15) is 0 Å². The van der Waals surface area contributed by atoms with Crippen molar-refractivity contribution in [1.82, 2.24) is 10.2 Å². The highest BCUT2D eigenvalue weighted by Crippen LogP contribution is 2.34. The molecule has 0 aromatic heterocycles. The maximum Gasteiger partial charge on any atom is 0.0547 e. The molecule has 0 amide bonds. The summed E-state index contributed by atoms with van der Waals surface area (Å²) in [5.41, 5.74) is 0.355. The van der Waals surface area contributed by atoms with Crippen molar-refractivity contribution in [1.29, 1.82) is 0 Å². The Bertz CT molecular complexity index is 232. The number of ether oxygens (including phenoxy) is 1. The molecule has 1 saturated carbocycles. The summed E-state index contributed by atoms with van der Waals surface area (Å²) < 4.78 is 5.65. The Labute approximate surface area is 106 Å². The highest BCUT2D eigenvalue weighted by atomic mass is 16.5. The summed E-state index contributed by atoms with van der Waals surface area (Å²) in [6.07, 6.45) is 4.10. The lowest BCUT2D eigenvalue weighted by molar-refractivity contribution is 0.0912. The van der Waals surface area contributed by atoms with E-state index in [1.807, 2.05) is 0 Å². The van der Waals surface area contributed by atoms with Crippen LogP contribution in [0.4, 0.5) is 0 Å². The quantitative estimate of drug-likeness (QED) is 0.733. The van der Waals surface area contributed by atoms with Crippen LogP contribution in [0.3, 0.4) is 0 Å². The third kappa shape index (κ3) is 3.67. The summed E-state index contributed by atoms with van der Waals surface area (Å²) >= 11 is 0. The van der Waals surface area contributed by atoms with Gasteiger partial charge in [-0.3, -0.25) is 4.90 Å². The van der Waals surface area contributed by atoms with Crippen LogP contribution in [-0.4, -0.2) is 50.8 Å². The van der Waals surface area contributed by atoms with Crippen molar-refractivity contribution in [2.75, 3.05) is 39.9 Å². The number of hydrogen-bond donors (Lipinski definition) is 1. The van der Waals surface area contributed by atoms with Gasteiger partial charge in [0.1, 0.15) is 0 Å². The molecule has 3 nitrogen and oxygen atoms in total. The lowest BCUT2D eigenvalue weighted by Gasteiger charge is -2.36. The molecule has 1 aliphatic heterocycles. The van der Waals surface area contributed by atoms with Crippen molar-refractivity contribution in [3.63, 3.8) is 0 Å².